The van der Waals surface area contributed by atoms with Gasteiger partial charge in [0.2, 0.25) is 0 Å². The summed E-state index contributed by atoms with van der Waals surface area (Å²) in [7, 11) is -6.02. The van der Waals surface area contributed by atoms with Gasteiger partial charge in [-0.05, 0) is 63.5 Å². The molecule has 0 saturated heterocycles. The molecular weight excluding hydrogens is 689 g/mol. The van der Waals surface area contributed by atoms with Crippen LogP contribution in [-0.2, 0) is 8.85 Å². The fraction of sp³-hybridized carbons (Fsp3) is 0.200. The lowest BCUT2D eigenvalue weighted by Gasteiger charge is -2.50. The number of rotatable bonds is 8. The highest BCUT2D eigenvalue weighted by molar-refractivity contribution is 7.00. The lowest BCUT2D eigenvalue weighted by molar-refractivity contribution is 0.0677. The number of fused-ring (bicyclic) bond motifs is 5. The van der Waals surface area contributed by atoms with E-state index in [1.165, 1.54) is 53.4 Å². The van der Waals surface area contributed by atoms with Gasteiger partial charge in [0, 0.05) is 0 Å². The molecule has 2 atom stereocenters. The predicted octanol–water partition coefficient (Wildman–Crippen LogP) is 10.6. The Balaban J connectivity index is 1.40. The van der Waals surface area contributed by atoms with Gasteiger partial charge in [-0.1, -0.05) is 224 Å². The van der Waals surface area contributed by atoms with E-state index in [1.807, 2.05) is 0 Å². The first-order chi connectivity index (χ1) is 26.0. The summed E-state index contributed by atoms with van der Waals surface area (Å²) in [6, 6.07) is 61.9. The van der Waals surface area contributed by atoms with Crippen LogP contribution < -0.4 is 20.7 Å². The Hall–Kier alpha value is -4.85. The first kappa shape index (κ1) is 36.1. The van der Waals surface area contributed by atoms with E-state index >= 15 is 0 Å². The lowest BCUT2D eigenvalue weighted by Crippen LogP contribution is -2.69. The molecule has 4 heteroatoms. The second kappa shape index (κ2) is 14.1. The molecule has 0 spiro atoms. The van der Waals surface area contributed by atoms with Crippen molar-refractivity contribution in [3.05, 3.63) is 187 Å². The molecule has 0 heterocycles. The zero-order valence-electron chi connectivity index (χ0n) is 32.3. The van der Waals surface area contributed by atoms with Gasteiger partial charge in [0.25, 0.3) is 16.6 Å². The molecular formula is C50H50O2Si2. The molecule has 0 fully saturated rings. The van der Waals surface area contributed by atoms with E-state index in [2.05, 4.69) is 224 Å². The quantitative estimate of drug-likeness (QED) is 0.114. The minimum atomic E-state index is -3.04. The molecule has 0 amide bonds. The van der Waals surface area contributed by atoms with Gasteiger partial charge in [0.15, 0.2) is 0 Å². The Bertz CT molecular complexity index is 2330. The fourth-order valence-corrected chi connectivity index (χ4v) is 18.3. The average molecular weight is 739 g/mol. The van der Waals surface area contributed by atoms with Crippen LogP contribution in [-0.4, -0.2) is 22.7 Å². The van der Waals surface area contributed by atoms with Crippen molar-refractivity contribution in [3.8, 4) is 0 Å². The molecule has 2 nitrogen and oxygen atoms in total. The van der Waals surface area contributed by atoms with Crippen LogP contribution in [0.25, 0.3) is 27.6 Å². The van der Waals surface area contributed by atoms with Gasteiger partial charge in [0.1, 0.15) is 6.10 Å². The molecule has 7 aromatic rings. The molecule has 1 aliphatic rings. The molecule has 270 valence electrons. The monoisotopic (exact) mass is 738 g/mol. The third-order valence-electron chi connectivity index (χ3n) is 11.5. The van der Waals surface area contributed by atoms with Gasteiger partial charge >= 0.3 is 0 Å². The highest BCUT2D eigenvalue weighted by Gasteiger charge is 2.56. The van der Waals surface area contributed by atoms with E-state index in [4.69, 9.17) is 8.85 Å². The van der Waals surface area contributed by atoms with Crippen molar-refractivity contribution in [2.75, 3.05) is 0 Å². The van der Waals surface area contributed by atoms with Crippen LogP contribution in [0, 0.1) is 0 Å². The Morgan fingerprint density at radius 3 is 1.31 bits per heavy atom. The Morgan fingerprint density at radius 1 is 0.407 bits per heavy atom. The summed E-state index contributed by atoms with van der Waals surface area (Å²) in [5, 5.41) is 9.63. The SMILES string of the molecule is CC(C)(C)[Si](O[C@@H]1c2ccc3c(ccc4ccccc43)c2C=C[C@H]1O[Si](c1ccccc1)(c1ccccc1)C(C)(C)C)(c1ccccc1)c1ccccc1. The van der Waals surface area contributed by atoms with Gasteiger partial charge in [-0.3, -0.25) is 0 Å². The van der Waals surface area contributed by atoms with Crippen molar-refractivity contribution in [2.45, 2.75) is 63.8 Å². The molecule has 0 saturated carbocycles. The molecule has 0 aromatic heterocycles. The third-order valence-corrected chi connectivity index (χ3v) is 21.6. The minimum absolute atomic E-state index is 0.200. The van der Waals surface area contributed by atoms with Gasteiger partial charge in [-0.25, -0.2) is 0 Å². The highest BCUT2D eigenvalue weighted by Crippen LogP contribution is 2.47. The number of benzene rings is 7. The highest BCUT2D eigenvalue weighted by atomic mass is 28.4. The second-order valence-electron chi connectivity index (χ2n) is 16.8. The summed E-state index contributed by atoms with van der Waals surface area (Å²) in [6.07, 6.45) is 3.90. The first-order valence-electron chi connectivity index (χ1n) is 19.2. The van der Waals surface area contributed by atoms with E-state index < -0.39 is 16.6 Å². The molecule has 0 N–H and O–H groups in total. The van der Waals surface area contributed by atoms with Crippen LogP contribution in [0.4, 0.5) is 0 Å². The number of hydrogen-bond donors (Lipinski definition) is 0. The zero-order chi connectivity index (χ0) is 37.6. The molecule has 0 aliphatic heterocycles. The second-order valence-corrected chi connectivity index (χ2v) is 25.3. The van der Waals surface area contributed by atoms with Crippen molar-refractivity contribution in [1.29, 1.82) is 0 Å². The molecule has 0 bridgehead atoms. The topological polar surface area (TPSA) is 18.5 Å². The fourth-order valence-electron chi connectivity index (χ4n) is 9.04. The molecule has 8 rings (SSSR count). The Morgan fingerprint density at radius 2 is 0.833 bits per heavy atom. The molecule has 0 unspecified atom stereocenters. The molecule has 0 radical (unpaired) electrons. The van der Waals surface area contributed by atoms with Crippen LogP contribution in [0.2, 0.25) is 10.1 Å². The van der Waals surface area contributed by atoms with Crippen LogP contribution in [0.3, 0.4) is 0 Å². The predicted molar refractivity (Wildman–Crippen MR) is 234 cm³/mol. The molecule has 54 heavy (non-hydrogen) atoms. The maximum Gasteiger partial charge on any atom is 0.262 e. The summed E-state index contributed by atoms with van der Waals surface area (Å²) in [6.45, 7) is 14.2. The van der Waals surface area contributed by atoms with E-state index in [9.17, 15) is 0 Å². The van der Waals surface area contributed by atoms with Crippen LogP contribution >= 0.6 is 0 Å². The Kier molecular flexibility index (Phi) is 9.44. The van der Waals surface area contributed by atoms with Crippen LogP contribution in [0.15, 0.2) is 176 Å². The van der Waals surface area contributed by atoms with Crippen molar-refractivity contribution < 1.29 is 8.85 Å². The molecule has 7 aromatic carbocycles. The van der Waals surface area contributed by atoms with Gasteiger partial charge < -0.3 is 8.85 Å². The maximum atomic E-state index is 8.21. The normalized spacial score (nSPS) is 16.4. The Labute approximate surface area is 323 Å². The van der Waals surface area contributed by atoms with Gasteiger partial charge in [0.05, 0.1) is 6.10 Å². The first-order valence-corrected chi connectivity index (χ1v) is 23.1. The zero-order valence-corrected chi connectivity index (χ0v) is 34.3. The van der Waals surface area contributed by atoms with E-state index in [1.54, 1.807) is 0 Å². The van der Waals surface area contributed by atoms with Gasteiger partial charge in [-0.15, -0.1) is 0 Å². The largest absolute Gasteiger partial charge is 0.398 e. The van der Waals surface area contributed by atoms with Gasteiger partial charge in [-0.2, -0.15) is 0 Å². The van der Waals surface area contributed by atoms with Crippen LogP contribution in [0.1, 0.15) is 58.8 Å². The van der Waals surface area contributed by atoms with Crippen molar-refractivity contribution >= 4 is 65.0 Å². The van der Waals surface area contributed by atoms with E-state index in [0.717, 1.165) is 0 Å². The van der Waals surface area contributed by atoms with Crippen LogP contribution in [0.5, 0.6) is 0 Å². The van der Waals surface area contributed by atoms with E-state index in [0.29, 0.717) is 0 Å². The number of hydrogen-bond acceptors (Lipinski definition) is 2. The minimum Gasteiger partial charge on any atom is -0.398 e. The summed E-state index contributed by atoms with van der Waals surface area (Å²) in [5.74, 6) is 0. The smallest absolute Gasteiger partial charge is 0.262 e. The van der Waals surface area contributed by atoms with Crippen molar-refractivity contribution in [2.24, 2.45) is 0 Å². The summed E-state index contributed by atoms with van der Waals surface area (Å²) >= 11 is 0. The maximum absolute atomic E-state index is 8.21. The van der Waals surface area contributed by atoms with E-state index in [-0.39, 0.29) is 22.3 Å². The lowest BCUT2D eigenvalue weighted by atomic mass is 9.87. The third kappa shape index (κ3) is 6.02. The average Bonchev–Trinajstić information content (AvgIpc) is 3.19. The molecule has 1 aliphatic carbocycles. The van der Waals surface area contributed by atoms with Crippen molar-refractivity contribution in [1.82, 2.24) is 0 Å². The standard InChI is InChI=1S/C50H50O2Si2/c1-49(2,3)53(38-22-11-7-12-23-38,39-24-13-8-14-25-39)51-47-36-35-45-44-32-31-37-21-19-20-30-42(37)43(44)33-34-46(45)48(47)52-54(50(4,5)6,40-26-15-9-16-27-40)41-28-17-10-18-29-41/h7-36,47-48H,1-6H3/t47-,48-/m1/s1. The summed E-state index contributed by atoms with van der Waals surface area (Å²) < 4.78 is 16.3. The van der Waals surface area contributed by atoms with Crippen molar-refractivity contribution in [3.63, 3.8) is 0 Å². The summed E-state index contributed by atoms with van der Waals surface area (Å²) in [5.41, 5.74) is 2.39. The summed E-state index contributed by atoms with van der Waals surface area (Å²) in [4.78, 5) is 0.